The minimum Gasteiger partial charge on any atom is -0.390 e. The van der Waals surface area contributed by atoms with Crippen LogP contribution in [0, 0.1) is 0 Å². The van der Waals surface area contributed by atoms with E-state index < -0.39 is 30.6 Å². The van der Waals surface area contributed by atoms with Crippen molar-refractivity contribution in [1.82, 2.24) is 9.55 Å². The van der Waals surface area contributed by atoms with E-state index in [1.54, 1.807) is 0 Å². The van der Waals surface area contributed by atoms with Gasteiger partial charge in [-0.15, -0.1) is 0 Å². The molecular weight excluding hydrogens is 305 g/mol. The van der Waals surface area contributed by atoms with Crippen molar-refractivity contribution in [3.63, 3.8) is 0 Å². The summed E-state index contributed by atoms with van der Waals surface area (Å²) in [7, 11) is 0. The number of hydrogen-bond donors (Lipinski definition) is 3. The zero-order valence-corrected chi connectivity index (χ0v) is 12.5. The summed E-state index contributed by atoms with van der Waals surface area (Å²) >= 11 is 4.74. The van der Waals surface area contributed by atoms with Crippen molar-refractivity contribution in [2.45, 2.75) is 24.9 Å². The van der Waals surface area contributed by atoms with Crippen LogP contribution in [0.3, 0.4) is 0 Å². The first-order valence-electron chi connectivity index (χ1n) is 5.89. The highest BCUT2D eigenvalue weighted by molar-refractivity contribution is 8.09. The summed E-state index contributed by atoms with van der Waals surface area (Å²) in [5, 5.41) is 9.89. The molecule has 1 aliphatic rings. The quantitative estimate of drug-likeness (QED) is 0.630. The van der Waals surface area contributed by atoms with Crippen LogP contribution >= 0.6 is 6.49 Å². The third kappa shape index (κ3) is 3.85. The lowest BCUT2D eigenvalue weighted by Gasteiger charge is -2.18. The van der Waals surface area contributed by atoms with Gasteiger partial charge < -0.3 is 25.0 Å². The summed E-state index contributed by atoms with van der Waals surface area (Å²) in [4.78, 5) is 24.7. The minimum atomic E-state index is -2.81. The molecule has 4 atom stereocenters. The van der Waals surface area contributed by atoms with Crippen LogP contribution in [0.4, 0.5) is 5.82 Å². The summed E-state index contributed by atoms with van der Waals surface area (Å²) in [6, 6.07) is 1.47. The molecule has 0 spiro atoms. The van der Waals surface area contributed by atoms with Crippen molar-refractivity contribution >= 4 is 24.1 Å². The third-order valence-electron chi connectivity index (χ3n) is 2.84. The molecule has 1 fully saturated rings. The van der Waals surface area contributed by atoms with Gasteiger partial charge in [0.2, 0.25) is 0 Å². The van der Waals surface area contributed by atoms with Gasteiger partial charge in [0.15, 0.2) is 6.49 Å². The number of ether oxygens (including phenoxy) is 1. The van der Waals surface area contributed by atoms with Crippen LogP contribution in [0.5, 0.6) is 0 Å². The first-order valence-corrected chi connectivity index (χ1v) is 9.01. The van der Waals surface area contributed by atoms with Gasteiger partial charge in [-0.05, 0) is 17.9 Å². The predicted octanol–water partition coefficient (Wildman–Crippen LogP) is -0.578. The Kier molecular flexibility index (Phi) is 4.58. The van der Waals surface area contributed by atoms with Crippen molar-refractivity contribution in [2.24, 2.45) is 0 Å². The molecule has 0 bridgehead atoms. The predicted molar refractivity (Wildman–Crippen MR) is 75.8 cm³/mol. The van der Waals surface area contributed by atoms with E-state index >= 15 is 0 Å². The number of nitrogens with zero attached hydrogens (tertiary/aromatic N) is 2. The fourth-order valence-corrected chi connectivity index (χ4v) is 2.50. The molecule has 1 aromatic rings. The average molecular weight is 321 g/mol. The van der Waals surface area contributed by atoms with E-state index in [4.69, 9.17) is 26.8 Å². The third-order valence-corrected chi connectivity index (χ3v) is 3.79. The van der Waals surface area contributed by atoms with E-state index in [9.17, 15) is 14.8 Å². The van der Waals surface area contributed by atoms with Crippen LogP contribution in [0.2, 0.25) is 0 Å². The number of aromatic nitrogens is 2. The van der Waals surface area contributed by atoms with Crippen molar-refractivity contribution in [1.29, 1.82) is 0 Å². The van der Waals surface area contributed by atoms with E-state index in [1.807, 2.05) is 0 Å². The Bertz CT molecular complexity index is 589. The highest BCUT2D eigenvalue weighted by atomic mass is 32.5. The van der Waals surface area contributed by atoms with E-state index in [0.717, 1.165) is 0 Å². The van der Waals surface area contributed by atoms with E-state index in [0.29, 0.717) is 0 Å². The second kappa shape index (κ2) is 5.88. The minimum absolute atomic E-state index is 0.0287. The number of anilines is 1. The van der Waals surface area contributed by atoms with Gasteiger partial charge in [0.1, 0.15) is 18.1 Å². The maximum absolute atomic E-state index is 11.7. The number of hydrogen-bond acceptors (Lipinski definition) is 7. The molecule has 20 heavy (non-hydrogen) atoms. The Hall–Kier alpha value is -0.830. The molecule has 0 amide bonds. The lowest BCUT2D eigenvalue weighted by molar-refractivity contribution is -0.0406. The maximum atomic E-state index is 11.7. The summed E-state index contributed by atoms with van der Waals surface area (Å²) in [5.74, 6) is 0.122. The Balaban J connectivity index is 2.06. The first-order chi connectivity index (χ1) is 9.26. The van der Waals surface area contributed by atoms with Gasteiger partial charge in [0.25, 0.3) is 0 Å². The molecule has 1 aromatic heterocycles. The van der Waals surface area contributed by atoms with Gasteiger partial charge in [-0.3, -0.25) is 4.57 Å². The van der Waals surface area contributed by atoms with Gasteiger partial charge in [-0.25, -0.2) is 4.79 Å². The Morgan fingerprint density at radius 3 is 3.05 bits per heavy atom. The molecule has 1 saturated heterocycles. The molecule has 112 valence electrons. The van der Waals surface area contributed by atoms with Crippen LogP contribution in [-0.2, 0) is 21.1 Å². The topological polar surface area (TPSA) is 120 Å². The number of nitrogens with two attached hydrogens (primary N) is 1. The molecule has 0 aromatic carbocycles. The molecular formula is C10H16N3O5PS. The van der Waals surface area contributed by atoms with Crippen LogP contribution in [0.25, 0.3) is 0 Å². The zero-order valence-electron chi connectivity index (χ0n) is 10.7. The van der Waals surface area contributed by atoms with Gasteiger partial charge in [-0.1, -0.05) is 0 Å². The summed E-state index contributed by atoms with van der Waals surface area (Å²) in [6.45, 7) is -1.42. The lowest BCUT2D eigenvalue weighted by Crippen LogP contribution is -2.28. The second-order valence-electron chi connectivity index (χ2n) is 4.57. The molecule has 0 saturated carbocycles. The molecule has 0 aliphatic carbocycles. The van der Waals surface area contributed by atoms with E-state index in [1.165, 1.54) is 23.5 Å². The van der Waals surface area contributed by atoms with Crippen LogP contribution < -0.4 is 11.4 Å². The van der Waals surface area contributed by atoms with Crippen molar-refractivity contribution in [3.05, 3.63) is 22.7 Å². The standard InChI is InChI=1S/C10H16N3O5PS/c1-19(16,20)17-5-7-6(14)4-9(18-7)13-3-2-8(11)12-10(13)15/h2-3,6-7,9,14H,4-5H2,1H3,(H,16,20)(H2,11,12,15). The van der Waals surface area contributed by atoms with Crippen LogP contribution in [0.15, 0.2) is 17.1 Å². The fourth-order valence-electron chi connectivity index (χ4n) is 1.89. The average Bonchev–Trinajstić information content (AvgIpc) is 2.67. The number of nitrogen functional groups attached to an aromatic ring is 1. The van der Waals surface area contributed by atoms with Gasteiger partial charge in [0.05, 0.1) is 12.7 Å². The van der Waals surface area contributed by atoms with Crippen molar-refractivity contribution < 1.29 is 19.3 Å². The van der Waals surface area contributed by atoms with Crippen LogP contribution in [-0.4, -0.2) is 45.0 Å². The molecule has 2 rings (SSSR count). The molecule has 0 radical (unpaired) electrons. The largest absolute Gasteiger partial charge is 0.390 e. The number of aliphatic hydroxyl groups excluding tert-OH is 1. The molecule has 4 unspecified atom stereocenters. The SMILES string of the molecule is CP(O)(=S)OCC1OC(n2ccc(N)nc2=O)CC1O. The number of aliphatic hydroxyl groups is 1. The maximum Gasteiger partial charge on any atom is 0.351 e. The van der Waals surface area contributed by atoms with Crippen LogP contribution in [0.1, 0.15) is 12.6 Å². The summed E-state index contributed by atoms with van der Waals surface area (Å²) < 4.78 is 11.9. The summed E-state index contributed by atoms with van der Waals surface area (Å²) in [5.41, 5.74) is 4.86. The van der Waals surface area contributed by atoms with Crippen molar-refractivity contribution in [3.8, 4) is 0 Å². The fraction of sp³-hybridized carbons (Fsp3) is 0.600. The van der Waals surface area contributed by atoms with Gasteiger partial charge in [0, 0.05) is 19.3 Å². The Labute approximate surface area is 120 Å². The zero-order chi connectivity index (χ0) is 14.9. The highest BCUT2D eigenvalue weighted by Gasteiger charge is 2.36. The monoisotopic (exact) mass is 321 g/mol. The highest BCUT2D eigenvalue weighted by Crippen LogP contribution is 2.39. The smallest absolute Gasteiger partial charge is 0.351 e. The van der Waals surface area contributed by atoms with Gasteiger partial charge >= 0.3 is 5.69 Å². The van der Waals surface area contributed by atoms with E-state index in [2.05, 4.69) is 4.98 Å². The molecule has 10 heteroatoms. The Morgan fingerprint density at radius 1 is 1.75 bits per heavy atom. The molecule has 1 aliphatic heterocycles. The summed E-state index contributed by atoms with van der Waals surface area (Å²) in [6.07, 6.45) is -0.434. The van der Waals surface area contributed by atoms with E-state index in [-0.39, 0.29) is 18.8 Å². The first kappa shape index (κ1) is 15.6. The van der Waals surface area contributed by atoms with Crippen molar-refractivity contribution in [2.75, 3.05) is 19.0 Å². The number of rotatable bonds is 4. The Morgan fingerprint density at radius 2 is 2.45 bits per heavy atom. The second-order valence-corrected chi connectivity index (χ2v) is 8.47. The lowest BCUT2D eigenvalue weighted by atomic mass is 10.2. The molecule has 4 N–H and O–H groups in total. The normalized spacial score (nSPS) is 29.2. The molecule has 8 nitrogen and oxygen atoms in total. The van der Waals surface area contributed by atoms with Gasteiger partial charge in [-0.2, -0.15) is 4.98 Å². The molecule has 2 heterocycles.